The van der Waals surface area contributed by atoms with Crippen molar-refractivity contribution in [1.29, 1.82) is 5.26 Å². The Labute approximate surface area is 159 Å². The minimum Gasteiger partial charge on any atom is -0.369 e. The molecule has 1 fully saturated rings. The molecular formula is C18H15F4N3O2S. The van der Waals surface area contributed by atoms with Crippen LogP contribution in [-0.4, -0.2) is 38.9 Å². The van der Waals surface area contributed by atoms with Gasteiger partial charge < -0.3 is 4.90 Å². The van der Waals surface area contributed by atoms with Crippen LogP contribution < -0.4 is 4.90 Å². The highest BCUT2D eigenvalue weighted by Gasteiger charge is 2.35. The fourth-order valence-electron chi connectivity index (χ4n) is 3.04. The zero-order chi connectivity index (χ0) is 20.5. The van der Waals surface area contributed by atoms with Crippen LogP contribution in [0.5, 0.6) is 0 Å². The van der Waals surface area contributed by atoms with Crippen molar-refractivity contribution in [3.63, 3.8) is 0 Å². The predicted octanol–water partition coefficient (Wildman–Crippen LogP) is 3.23. The van der Waals surface area contributed by atoms with E-state index in [0.717, 1.165) is 22.5 Å². The summed E-state index contributed by atoms with van der Waals surface area (Å²) in [5.41, 5.74) is -1.26. The normalized spacial score (nSPS) is 16.0. The van der Waals surface area contributed by atoms with Gasteiger partial charge in [-0.05, 0) is 30.3 Å². The molecule has 0 unspecified atom stereocenters. The summed E-state index contributed by atoms with van der Waals surface area (Å²) in [5, 5.41) is 8.87. The first kappa shape index (κ1) is 20.1. The monoisotopic (exact) mass is 413 g/mol. The highest BCUT2D eigenvalue weighted by Crippen LogP contribution is 2.34. The van der Waals surface area contributed by atoms with Crippen molar-refractivity contribution in [2.24, 2.45) is 0 Å². The second-order valence-corrected chi connectivity index (χ2v) is 8.07. The topological polar surface area (TPSA) is 64.4 Å². The number of nitrogens with zero attached hydrogens (tertiary/aromatic N) is 3. The van der Waals surface area contributed by atoms with Gasteiger partial charge in [-0.1, -0.05) is 12.1 Å². The van der Waals surface area contributed by atoms with E-state index in [0.29, 0.717) is 0 Å². The zero-order valence-corrected chi connectivity index (χ0v) is 15.3. The summed E-state index contributed by atoms with van der Waals surface area (Å²) < 4.78 is 79.6. The van der Waals surface area contributed by atoms with Gasteiger partial charge in [0, 0.05) is 31.9 Å². The molecule has 5 nitrogen and oxygen atoms in total. The molecule has 0 N–H and O–H groups in total. The van der Waals surface area contributed by atoms with Gasteiger partial charge in [0.15, 0.2) is 0 Å². The number of benzene rings is 2. The number of hydrogen-bond donors (Lipinski definition) is 0. The Hall–Kier alpha value is -2.64. The third-order valence-electron chi connectivity index (χ3n) is 4.49. The van der Waals surface area contributed by atoms with Crippen molar-refractivity contribution >= 4 is 15.7 Å². The summed E-state index contributed by atoms with van der Waals surface area (Å²) in [4.78, 5) is 1.17. The van der Waals surface area contributed by atoms with E-state index in [2.05, 4.69) is 0 Å². The lowest BCUT2D eigenvalue weighted by Crippen LogP contribution is -2.48. The summed E-state index contributed by atoms with van der Waals surface area (Å²) in [7, 11) is -4.03. The molecule has 10 heteroatoms. The van der Waals surface area contributed by atoms with E-state index in [9.17, 15) is 26.0 Å². The number of sulfonamides is 1. The quantitative estimate of drug-likeness (QED) is 0.725. The Kier molecular flexibility index (Phi) is 5.32. The highest BCUT2D eigenvalue weighted by molar-refractivity contribution is 7.89. The van der Waals surface area contributed by atoms with Crippen molar-refractivity contribution in [3.8, 4) is 6.07 Å². The minimum atomic E-state index is -4.67. The van der Waals surface area contributed by atoms with Crippen LogP contribution in [0.25, 0.3) is 0 Å². The number of halogens is 4. The van der Waals surface area contributed by atoms with E-state index in [1.165, 1.54) is 30.3 Å². The van der Waals surface area contributed by atoms with E-state index >= 15 is 0 Å². The molecule has 2 aromatic carbocycles. The van der Waals surface area contributed by atoms with Crippen molar-refractivity contribution in [2.45, 2.75) is 11.1 Å². The number of alkyl halides is 3. The molecule has 2 aromatic rings. The Balaban J connectivity index is 1.80. The lowest BCUT2D eigenvalue weighted by Gasteiger charge is -2.35. The largest absolute Gasteiger partial charge is 0.417 e. The first-order valence-corrected chi connectivity index (χ1v) is 9.69. The molecule has 3 rings (SSSR count). The van der Waals surface area contributed by atoms with E-state index in [-0.39, 0.29) is 31.9 Å². The second-order valence-electron chi connectivity index (χ2n) is 6.16. The van der Waals surface area contributed by atoms with Gasteiger partial charge in [-0.15, -0.1) is 0 Å². The van der Waals surface area contributed by atoms with Crippen LogP contribution in [0.15, 0.2) is 47.4 Å². The standard InChI is InChI=1S/C18H15F4N3O2S/c19-16-3-1-2-4-17(16)28(26,27)25-9-7-24(8-10-25)14-6-5-13(12-23)15(11-14)18(20,21)22/h1-6,11H,7-10H2. The van der Waals surface area contributed by atoms with Crippen LogP contribution >= 0.6 is 0 Å². The molecule has 1 aliphatic rings. The molecule has 148 valence electrons. The van der Waals surface area contributed by atoms with Gasteiger partial charge in [-0.25, -0.2) is 12.8 Å². The highest BCUT2D eigenvalue weighted by atomic mass is 32.2. The van der Waals surface area contributed by atoms with Gasteiger partial charge in [0.25, 0.3) is 0 Å². The molecule has 0 aliphatic carbocycles. The molecule has 1 heterocycles. The van der Waals surface area contributed by atoms with E-state index in [1.54, 1.807) is 4.90 Å². The van der Waals surface area contributed by atoms with Crippen molar-refractivity contribution in [3.05, 3.63) is 59.4 Å². The molecule has 0 radical (unpaired) electrons. The van der Waals surface area contributed by atoms with Crippen LogP contribution in [0.1, 0.15) is 11.1 Å². The first-order valence-electron chi connectivity index (χ1n) is 8.25. The molecular weight excluding hydrogens is 398 g/mol. The van der Waals surface area contributed by atoms with Gasteiger partial charge in [0.05, 0.1) is 17.2 Å². The van der Waals surface area contributed by atoms with E-state index < -0.39 is 38.0 Å². The second kappa shape index (κ2) is 7.41. The van der Waals surface area contributed by atoms with Crippen molar-refractivity contribution < 1.29 is 26.0 Å². The Morgan fingerprint density at radius 2 is 1.64 bits per heavy atom. The molecule has 1 aliphatic heterocycles. The molecule has 1 saturated heterocycles. The zero-order valence-electron chi connectivity index (χ0n) is 14.4. The third kappa shape index (κ3) is 3.81. The molecule has 0 saturated carbocycles. The first-order chi connectivity index (χ1) is 13.1. The average molecular weight is 413 g/mol. The fourth-order valence-corrected chi connectivity index (χ4v) is 4.53. The van der Waals surface area contributed by atoms with Crippen LogP contribution in [0.4, 0.5) is 23.2 Å². The fraction of sp³-hybridized carbons (Fsp3) is 0.278. The Bertz CT molecular complexity index is 1020. The molecule has 0 bridgehead atoms. The van der Waals surface area contributed by atoms with E-state index in [4.69, 9.17) is 5.26 Å². The minimum absolute atomic E-state index is 0.00196. The number of hydrogen-bond acceptors (Lipinski definition) is 4. The summed E-state index contributed by atoms with van der Waals surface area (Å²) in [6, 6.07) is 9.94. The molecule has 0 atom stereocenters. The maximum absolute atomic E-state index is 13.9. The molecule has 28 heavy (non-hydrogen) atoms. The molecule has 0 spiro atoms. The van der Waals surface area contributed by atoms with Crippen LogP contribution in [0.3, 0.4) is 0 Å². The van der Waals surface area contributed by atoms with Crippen LogP contribution in [0, 0.1) is 17.1 Å². The summed E-state index contributed by atoms with van der Waals surface area (Å²) in [6.07, 6.45) is -4.67. The number of rotatable bonds is 3. The van der Waals surface area contributed by atoms with Gasteiger partial charge in [0.1, 0.15) is 10.7 Å². The lowest BCUT2D eigenvalue weighted by atomic mass is 10.1. The Morgan fingerprint density at radius 1 is 1.00 bits per heavy atom. The SMILES string of the molecule is N#Cc1ccc(N2CCN(S(=O)(=O)c3ccccc3F)CC2)cc1C(F)(F)F. The summed E-state index contributed by atoms with van der Waals surface area (Å²) >= 11 is 0. The van der Waals surface area contributed by atoms with Gasteiger partial charge in [-0.2, -0.15) is 22.7 Å². The van der Waals surface area contributed by atoms with Gasteiger partial charge in [-0.3, -0.25) is 0 Å². The average Bonchev–Trinajstić information content (AvgIpc) is 2.67. The van der Waals surface area contributed by atoms with Gasteiger partial charge in [0.2, 0.25) is 10.0 Å². The maximum Gasteiger partial charge on any atom is 0.417 e. The summed E-state index contributed by atoms with van der Waals surface area (Å²) in [6.45, 7) is 0.268. The lowest BCUT2D eigenvalue weighted by molar-refractivity contribution is -0.137. The molecule has 0 aromatic heterocycles. The number of anilines is 1. The summed E-state index contributed by atoms with van der Waals surface area (Å²) in [5.74, 6) is -0.855. The van der Waals surface area contributed by atoms with Crippen molar-refractivity contribution in [1.82, 2.24) is 4.31 Å². The Morgan fingerprint density at radius 3 is 2.21 bits per heavy atom. The van der Waals surface area contributed by atoms with Gasteiger partial charge >= 0.3 is 6.18 Å². The van der Waals surface area contributed by atoms with Crippen LogP contribution in [-0.2, 0) is 16.2 Å². The predicted molar refractivity (Wildman–Crippen MR) is 93.5 cm³/mol. The maximum atomic E-state index is 13.9. The number of piperazine rings is 1. The number of nitriles is 1. The third-order valence-corrected chi connectivity index (χ3v) is 6.42. The van der Waals surface area contributed by atoms with E-state index in [1.807, 2.05) is 0 Å². The van der Waals surface area contributed by atoms with Crippen LogP contribution in [0.2, 0.25) is 0 Å². The van der Waals surface area contributed by atoms with Crippen molar-refractivity contribution in [2.75, 3.05) is 31.1 Å². The smallest absolute Gasteiger partial charge is 0.369 e. The molecule has 0 amide bonds.